The minimum absolute atomic E-state index is 0.285. The maximum absolute atomic E-state index is 11.7. The van der Waals surface area contributed by atoms with Gasteiger partial charge in [0, 0.05) is 32.9 Å². The molecule has 0 radical (unpaired) electrons. The summed E-state index contributed by atoms with van der Waals surface area (Å²) in [4.78, 5) is 9.69. The van der Waals surface area contributed by atoms with Gasteiger partial charge in [0.05, 0.1) is 5.52 Å². The minimum Gasteiger partial charge on any atom is -0.368 e. The fraction of sp³-hybridized carbons (Fsp3) is 0.0625. The maximum Gasteiger partial charge on any atom is 0.223 e. The van der Waals surface area contributed by atoms with Crippen LogP contribution in [-0.2, 0) is 10.8 Å². The summed E-state index contributed by atoms with van der Waals surface area (Å²) in [6, 6.07) is 15.0. The summed E-state index contributed by atoms with van der Waals surface area (Å²) in [6.45, 7) is 0. The third-order valence-electron chi connectivity index (χ3n) is 3.63. The van der Waals surface area contributed by atoms with Crippen molar-refractivity contribution in [1.29, 1.82) is 0 Å². The highest BCUT2D eigenvalue weighted by Crippen LogP contribution is 2.24. The second-order valence-corrected chi connectivity index (χ2v) is 6.52. The largest absolute Gasteiger partial charge is 0.368 e. The first-order chi connectivity index (χ1) is 11.1. The summed E-state index contributed by atoms with van der Waals surface area (Å²) >= 11 is 0. The van der Waals surface area contributed by atoms with Crippen LogP contribution in [0.2, 0.25) is 0 Å². The fourth-order valence-corrected chi connectivity index (χ4v) is 3.08. The van der Waals surface area contributed by atoms with Crippen LogP contribution >= 0.6 is 0 Å². The standard InChI is InChI=1S/C16H13N5OS/c1-23(22)11-6-4-5-10(9-11)14-19-15-12-7-2-3-8-13(12)18-16(17)21(15)20-14/h2-9H,1H3,(H2,17,18). The van der Waals surface area contributed by atoms with Crippen LogP contribution in [0.1, 0.15) is 0 Å². The Bertz CT molecular complexity index is 1070. The number of anilines is 1. The molecule has 23 heavy (non-hydrogen) atoms. The zero-order chi connectivity index (χ0) is 16.0. The lowest BCUT2D eigenvalue weighted by atomic mass is 10.2. The first kappa shape index (κ1) is 13.8. The van der Waals surface area contributed by atoms with Crippen LogP contribution in [-0.4, -0.2) is 30.0 Å². The number of nitrogens with two attached hydrogens (primary N) is 1. The fourth-order valence-electron chi connectivity index (χ4n) is 2.51. The molecule has 0 saturated heterocycles. The van der Waals surface area contributed by atoms with Crippen molar-refractivity contribution >= 4 is 33.3 Å². The van der Waals surface area contributed by atoms with Gasteiger partial charge in [0.25, 0.3) is 0 Å². The van der Waals surface area contributed by atoms with E-state index in [1.807, 2.05) is 48.5 Å². The van der Waals surface area contributed by atoms with Crippen LogP contribution < -0.4 is 5.73 Å². The molecule has 0 fully saturated rings. The van der Waals surface area contributed by atoms with Gasteiger partial charge in [-0.2, -0.15) is 4.52 Å². The molecule has 2 aromatic carbocycles. The summed E-state index contributed by atoms with van der Waals surface area (Å²) in [7, 11) is -1.06. The van der Waals surface area contributed by atoms with Crippen LogP contribution in [0.3, 0.4) is 0 Å². The first-order valence-corrected chi connectivity index (χ1v) is 8.54. The summed E-state index contributed by atoms with van der Waals surface area (Å²) in [5, 5.41) is 5.34. The molecule has 0 saturated carbocycles. The van der Waals surface area contributed by atoms with Gasteiger partial charge in [0.2, 0.25) is 5.95 Å². The number of rotatable bonds is 2. The van der Waals surface area contributed by atoms with E-state index < -0.39 is 10.8 Å². The molecule has 0 aliphatic heterocycles. The van der Waals surface area contributed by atoms with Gasteiger partial charge in [0.15, 0.2) is 11.5 Å². The first-order valence-electron chi connectivity index (χ1n) is 6.98. The van der Waals surface area contributed by atoms with Crippen LogP contribution in [0, 0.1) is 0 Å². The summed E-state index contributed by atoms with van der Waals surface area (Å²) in [5.74, 6) is 0.815. The maximum atomic E-state index is 11.7. The van der Waals surface area contributed by atoms with Gasteiger partial charge < -0.3 is 5.73 Å². The molecule has 2 N–H and O–H groups in total. The number of hydrogen-bond acceptors (Lipinski definition) is 5. The Morgan fingerprint density at radius 1 is 1.09 bits per heavy atom. The molecule has 2 heterocycles. The van der Waals surface area contributed by atoms with Gasteiger partial charge in [-0.15, -0.1) is 5.10 Å². The van der Waals surface area contributed by atoms with Crippen molar-refractivity contribution in [2.24, 2.45) is 0 Å². The monoisotopic (exact) mass is 323 g/mol. The quantitative estimate of drug-likeness (QED) is 0.611. The van der Waals surface area contributed by atoms with E-state index in [1.54, 1.807) is 6.26 Å². The third kappa shape index (κ3) is 2.25. The molecule has 0 aliphatic carbocycles. The molecule has 0 amide bonds. The highest BCUT2D eigenvalue weighted by molar-refractivity contribution is 7.84. The van der Waals surface area contributed by atoms with Gasteiger partial charge >= 0.3 is 0 Å². The zero-order valence-electron chi connectivity index (χ0n) is 12.3. The van der Waals surface area contributed by atoms with Crippen LogP contribution in [0.25, 0.3) is 27.9 Å². The van der Waals surface area contributed by atoms with Crippen LogP contribution in [0.5, 0.6) is 0 Å². The van der Waals surface area contributed by atoms with Crippen molar-refractivity contribution in [3.8, 4) is 11.4 Å². The lowest BCUT2D eigenvalue weighted by molar-refractivity contribution is 0.687. The molecule has 114 valence electrons. The molecule has 1 unspecified atom stereocenters. The number of nitrogens with zero attached hydrogens (tertiary/aromatic N) is 4. The second-order valence-electron chi connectivity index (χ2n) is 5.14. The van der Waals surface area contributed by atoms with Gasteiger partial charge in [-0.25, -0.2) is 9.97 Å². The number of benzene rings is 2. The molecule has 0 spiro atoms. The smallest absolute Gasteiger partial charge is 0.223 e. The molecule has 0 bridgehead atoms. The van der Waals surface area contributed by atoms with Crippen LogP contribution in [0.15, 0.2) is 53.4 Å². The van der Waals surface area contributed by atoms with Crippen molar-refractivity contribution in [2.45, 2.75) is 4.90 Å². The Morgan fingerprint density at radius 2 is 1.91 bits per heavy atom. The number of aromatic nitrogens is 4. The van der Waals surface area contributed by atoms with E-state index in [1.165, 1.54) is 4.52 Å². The number of fused-ring (bicyclic) bond motifs is 3. The van der Waals surface area contributed by atoms with E-state index in [0.717, 1.165) is 21.4 Å². The molecular formula is C16H13N5OS. The van der Waals surface area contributed by atoms with E-state index >= 15 is 0 Å². The average Bonchev–Trinajstić information content (AvgIpc) is 3.01. The molecule has 6 nitrogen and oxygen atoms in total. The SMILES string of the molecule is CS(=O)c1cccc(-c2nc3c4ccccc4nc(N)n3n2)c1. The summed E-state index contributed by atoms with van der Waals surface area (Å²) in [5.41, 5.74) is 8.22. The van der Waals surface area contributed by atoms with E-state index in [0.29, 0.717) is 11.5 Å². The Labute approximate surface area is 134 Å². The topological polar surface area (TPSA) is 86.2 Å². The van der Waals surface area contributed by atoms with Crippen molar-refractivity contribution in [3.05, 3.63) is 48.5 Å². The Kier molecular flexibility index (Phi) is 3.09. The highest BCUT2D eigenvalue weighted by Gasteiger charge is 2.13. The molecule has 2 aromatic heterocycles. The number of hydrogen-bond donors (Lipinski definition) is 1. The molecule has 4 aromatic rings. The van der Waals surface area contributed by atoms with Crippen molar-refractivity contribution in [1.82, 2.24) is 19.6 Å². The lowest BCUT2D eigenvalue weighted by Gasteiger charge is -2.00. The van der Waals surface area contributed by atoms with Gasteiger partial charge in [-0.05, 0) is 24.3 Å². The number of para-hydroxylation sites is 1. The molecule has 1 atom stereocenters. The lowest BCUT2D eigenvalue weighted by Crippen LogP contribution is -2.02. The second kappa shape index (κ2) is 5.13. The highest BCUT2D eigenvalue weighted by atomic mass is 32.2. The summed E-state index contributed by atoms with van der Waals surface area (Å²) in [6.07, 6.45) is 1.64. The Balaban J connectivity index is 1.99. The van der Waals surface area contributed by atoms with E-state index in [9.17, 15) is 4.21 Å². The molecule has 0 aliphatic rings. The predicted molar refractivity (Wildman–Crippen MR) is 90.5 cm³/mol. The Morgan fingerprint density at radius 3 is 2.74 bits per heavy atom. The van der Waals surface area contributed by atoms with Gasteiger partial charge in [-0.3, -0.25) is 4.21 Å². The molecule has 4 rings (SSSR count). The summed E-state index contributed by atoms with van der Waals surface area (Å²) < 4.78 is 13.2. The van der Waals surface area contributed by atoms with E-state index in [-0.39, 0.29) is 5.95 Å². The zero-order valence-corrected chi connectivity index (χ0v) is 13.1. The number of nitrogen functional groups attached to an aromatic ring is 1. The molecular weight excluding hydrogens is 310 g/mol. The van der Waals surface area contributed by atoms with Crippen molar-refractivity contribution in [3.63, 3.8) is 0 Å². The molecule has 7 heteroatoms. The van der Waals surface area contributed by atoms with Gasteiger partial charge in [-0.1, -0.05) is 24.3 Å². The third-order valence-corrected chi connectivity index (χ3v) is 4.55. The normalized spacial score (nSPS) is 12.7. The van der Waals surface area contributed by atoms with E-state index in [2.05, 4.69) is 15.1 Å². The average molecular weight is 323 g/mol. The van der Waals surface area contributed by atoms with Crippen molar-refractivity contribution in [2.75, 3.05) is 12.0 Å². The Hall–Kier alpha value is -2.80. The van der Waals surface area contributed by atoms with Crippen LogP contribution in [0.4, 0.5) is 5.95 Å². The minimum atomic E-state index is -1.06. The van der Waals surface area contributed by atoms with Gasteiger partial charge in [0.1, 0.15) is 0 Å². The predicted octanol–water partition coefficient (Wildman–Crippen LogP) is 2.26. The van der Waals surface area contributed by atoms with E-state index in [4.69, 9.17) is 5.73 Å². The van der Waals surface area contributed by atoms with Crippen molar-refractivity contribution < 1.29 is 4.21 Å².